The van der Waals surface area contributed by atoms with Gasteiger partial charge in [0.15, 0.2) is 17.0 Å². The van der Waals surface area contributed by atoms with Crippen LogP contribution in [0.5, 0.6) is 0 Å². The molecule has 2 aromatic heterocycles. The summed E-state index contributed by atoms with van der Waals surface area (Å²) in [7, 11) is 0. The molecule has 3 aromatic rings. The number of aliphatic carboxylic acids is 2. The standard InChI is InChI=1S/C19H20N8O5.2Na.2H/c20-15-14-16(27-19(21)26-15)23-8-11(24-14)7-22-10-3-1-9(2-4-10)17(30)25-12(18(31)32)5-6-13(28)29;;;;/h1-4,8,12,22H,5-7H2,(H,25,30)(H,28,29)(H,31,32)(H4,20,21,23,26,27);;;;. The van der Waals surface area contributed by atoms with Crippen LogP contribution in [-0.4, -0.2) is 113 Å². The zero-order chi connectivity index (χ0) is 23.3. The normalized spacial score (nSPS) is 10.9. The molecule has 0 saturated carbocycles. The first-order valence-corrected chi connectivity index (χ1v) is 9.37. The number of carboxylic acid groups (broad SMARTS) is 2. The molecular weight excluding hydrogens is 466 g/mol. The van der Waals surface area contributed by atoms with Gasteiger partial charge in [-0.15, -0.1) is 0 Å². The second-order valence-electron chi connectivity index (χ2n) is 6.73. The fourth-order valence-corrected chi connectivity index (χ4v) is 2.77. The first kappa shape index (κ1) is 29.5. The topological polar surface area (TPSA) is 219 Å². The number of rotatable bonds is 9. The van der Waals surface area contributed by atoms with Crippen LogP contribution in [-0.2, 0) is 16.1 Å². The Hall–Kier alpha value is -2.55. The minimum atomic E-state index is -1.30. The molecule has 1 unspecified atom stereocenters. The number of nitrogens with two attached hydrogens (primary N) is 2. The average Bonchev–Trinajstić information content (AvgIpc) is 2.75. The number of hydrogen-bond donors (Lipinski definition) is 6. The summed E-state index contributed by atoms with van der Waals surface area (Å²) in [6.45, 7) is 0.300. The quantitative estimate of drug-likeness (QED) is 0.199. The van der Waals surface area contributed by atoms with Crippen molar-refractivity contribution in [3.05, 3.63) is 41.7 Å². The molecule has 0 aliphatic rings. The molecule has 34 heavy (non-hydrogen) atoms. The number of hydrogen-bond acceptors (Lipinski definition) is 10. The molecule has 0 radical (unpaired) electrons. The number of carbonyl (C=O) groups excluding carboxylic acids is 1. The molecule has 0 spiro atoms. The maximum atomic E-state index is 12.3. The van der Waals surface area contributed by atoms with Gasteiger partial charge in [-0.2, -0.15) is 9.97 Å². The summed E-state index contributed by atoms with van der Waals surface area (Å²) in [5.41, 5.74) is 13.4. The number of benzene rings is 1. The van der Waals surface area contributed by atoms with Gasteiger partial charge in [0, 0.05) is 17.7 Å². The molecule has 15 heteroatoms. The monoisotopic (exact) mass is 488 g/mol. The van der Waals surface area contributed by atoms with Gasteiger partial charge < -0.3 is 32.3 Å². The van der Waals surface area contributed by atoms with E-state index in [-0.39, 0.29) is 94.9 Å². The number of carboxylic acids is 2. The van der Waals surface area contributed by atoms with Crippen molar-refractivity contribution in [2.24, 2.45) is 0 Å². The molecule has 0 saturated heterocycles. The van der Waals surface area contributed by atoms with E-state index in [0.29, 0.717) is 23.4 Å². The van der Waals surface area contributed by atoms with Crippen LogP contribution in [0.4, 0.5) is 17.5 Å². The number of fused-ring (bicyclic) bond motifs is 1. The number of nitrogen functional groups attached to an aromatic ring is 2. The van der Waals surface area contributed by atoms with Crippen LogP contribution < -0.4 is 22.1 Å². The number of nitrogens with zero attached hydrogens (tertiary/aromatic N) is 4. The first-order valence-electron chi connectivity index (χ1n) is 9.37. The predicted molar refractivity (Wildman–Crippen MR) is 128 cm³/mol. The van der Waals surface area contributed by atoms with E-state index in [4.69, 9.17) is 21.7 Å². The summed E-state index contributed by atoms with van der Waals surface area (Å²) in [6, 6.07) is 4.99. The Kier molecular flexibility index (Phi) is 11.6. The van der Waals surface area contributed by atoms with Gasteiger partial charge in [-0.25, -0.2) is 14.8 Å². The van der Waals surface area contributed by atoms with Gasteiger partial charge in [0.1, 0.15) is 6.04 Å². The van der Waals surface area contributed by atoms with E-state index in [9.17, 15) is 14.4 Å². The Labute approximate surface area is 237 Å². The number of anilines is 3. The Morgan fingerprint density at radius 2 is 1.68 bits per heavy atom. The van der Waals surface area contributed by atoms with Crippen molar-refractivity contribution in [2.75, 3.05) is 16.8 Å². The third kappa shape index (κ3) is 8.04. The molecule has 2 heterocycles. The van der Waals surface area contributed by atoms with Crippen LogP contribution in [0.1, 0.15) is 28.9 Å². The van der Waals surface area contributed by atoms with Gasteiger partial charge >= 0.3 is 71.1 Å². The molecule has 0 aliphatic heterocycles. The minimum absolute atomic E-state index is 0. The SMILES string of the molecule is Nc1nc(N)c2nc(CNc3ccc(C(=O)NC(CCC(=O)O)C(=O)O)cc3)cnc2n1.[NaH].[NaH]. The van der Waals surface area contributed by atoms with Gasteiger partial charge in [0.25, 0.3) is 5.91 Å². The second-order valence-corrected chi connectivity index (χ2v) is 6.73. The van der Waals surface area contributed by atoms with Crippen LogP contribution in [0.15, 0.2) is 30.5 Å². The van der Waals surface area contributed by atoms with Crippen LogP contribution in [0.3, 0.4) is 0 Å². The number of carbonyl (C=O) groups is 3. The van der Waals surface area contributed by atoms with E-state index < -0.39 is 23.9 Å². The van der Waals surface area contributed by atoms with Gasteiger partial charge in [-0.1, -0.05) is 0 Å². The average molecular weight is 488 g/mol. The van der Waals surface area contributed by atoms with E-state index in [1.165, 1.54) is 18.3 Å². The Balaban J connectivity index is 0.00000289. The third-order valence-corrected chi connectivity index (χ3v) is 4.37. The van der Waals surface area contributed by atoms with Crippen molar-refractivity contribution >= 4 is 106 Å². The van der Waals surface area contributed by atoms with Gasteiger partial charge in [0.05, 0.1) is 18.4 Å². The summed E-state index contributed by atoms with van der Waals surface area (Å²) in [6.07, 6.45) is 0.931. The predicted octanol–water partition coefficient (Wildman–Crippen LogP) is -1.05. The van der Waals surface area contributed by atoms with Crippen molar-refractivity contribution in [3.8, 4) is 0 Å². The van der Waals surface area contributed by atoms with Crippen LogP contribution in [0.25, 0.3) is 11.2 Å². The molecule has 0 bridgehead atoms. The molecular formula is C19H22N8Na2O5. The summed E-state index contributed by atoms with van der Waals surface area (Å²) in [5, 5.41) is 23.3. The van der Waals surface area contributed by atoms with E-state index in [1.807, 2.05) is 0 Å². The Bertz CT molecular complexity index is 1180. The molecule has 0 aliphatic carbocycles. The van der Waals surface area contributed by atoms with Crippen molar-refractivity contribution in [1.29, 1.82) is 0 Å². The summed E-state index contributed by atoms with van der Waals surface area (Å²) < 4.78 is 0. The molecule has 8 N–H and O–H groups in total. The molecule has 1 amide bonds. The molecule has 1 aromatic carbocycles. The molecule has 1 atom stereocenters. The van der Waals surface area contributed by atoms with Gasteiger partial charge in [0.2, 0.25) is 5.95 Å². The Morgan fingerprint density at radius 3 is 2.29 bits per heavy atom. The van der Waals surface area contributed by atoms with Crippen LogP contribution >= 0.6 is 0 Å². The number of nitrogens with one attached hydrogen (secondary N) is 2. The zero-order valence-corrected chi connectivity index (χ0v) is 16.6. The van der Waals surface area contributed by atoms with E-state index in [2.05, 4.69) is 30.6 Å². The zero-order valence-electron chi connectivity index (χ0n) is 16.6. The second kappa shape index (κ2) is 13.4. The first-order chi connectivity index (χ1) is 15.2. The Morgan fingerprint density at radius 1 is 1.00 bits per heavy atom. The van der Waals surface area contributed by atoms with Crippen molar-refractivity contribution in [3.63, 3.8) is 0 Å². The fourth-order valence-electron chi connectivity index (χ4n) is 2.77. The summed E-state index contributed by atoms with van der Waals surface area (Å²) in [4.78, 5) is 50.5. The maximum absolute atomic E-state index is 12.3. The third-order valence-electron chi connectivity index (χ3n) is 4.37. The summed E-state index contributed by atoms with van der Waals surface area (Å²) in [5.74, 6) is -2.93. The number of aromatic nitrogens is 4. The molecule has 0 fully saturated rings. The fraction of sp³-hybridized carbons (Fsp3) is 0.211. The van der Waals surface area contributed by atoms with E-state index >= 15 is 0 Å². The van der Waals surface area contributed by atoms with E-state index in [1.54, 1.807) is 12.1 Å². The van der Waals surface area contributed by atoms with Crippen molar-refractivity contribution in [2.45, 2.75) is 25.4 Å². The van der Waals surface area contributed by atoms with Crippen LogP contribution in [0, 0.1) is 0 Å². The van der Waals surface area contributed by atoms with Gasteiger partial charge in [-0.3, -0.25) is 9.59 Å². The summed E-state index contributed by atoms with van der Waals surface area (Å²) >= 11 is 0. The van der Waals surface area contributed by atoms with Crippen LogP contribution in [0.2, 0.25) is 0 Å². The van der Waals surface area contributed by atoms with E-state index in [0.717, 1.165) is 0 Å². The van der Waals surface area contributed by atoms with Gasteiger partial charge in [-0.05, 0) is 30.7 Å². The van der Waals surface area contributed by atoms with Crippen molar-refractivity contribution < 1.29 is 24.6 Å². The number of amides is 1. The molecule has 3 rings (SSSR count). The molecule has 170 valence electrons. The van der Waals surface area contributed by atoms with Crippen molar-refractivity contribution in [1.82, 2.24) is 25.3 Å². The molecule has 13 nitrogen and oxygen atoms in total.